The van der Waals surface area contributed by atoms with Crippen LogP contribution in [0.3, 0.4) is 0 Å². The molecule has 1 aromatic carbocycles. The van der Waals surface area contributed by atoms with Gasteiger partial charge in [0.1, 0.15) is 0 Å². The summed E-state index contributed by atoms with van der Waals surface area (Å²) in [5, 5.41) is 9.94. The molecule has 0 aromatic heterocycles. The number of aliphatic carboxylic acids is 1. The molecule has 1 aliphatic heterocycles. The van der Waals surface area contributed by atoms with E-state index in [1.54, 1.807) is 11.8 Å². The first-order chi connectivity index (χ1) is 9.92. The molecule has 3 rings (SSSR count). The van der Waals surface area contributed by atoms with Crippen LogP contribution >= 0.6 is 11.6 Å². The highest BCUT2D eigenvalue weighted by Crippen LogP contribution is 2.51. The summed E-state index contributed by atoms with van der Waals surface area (Å²) < 4.78 is 0. The number of nitrogens with zero attached hydrogens (tertiary/aromatic N) is 1. The van der Waals surface area contributed by atoms with Gasteiger partial charge in [-0.15, -0.1) is 0 Å². The van der Waals surface area contributed by atoms with Gasteiger partial charge in [-0.1, -0.05) is 29.8 Å². The lowest BCUT2D eigenvalue weighted by Crippen LogP contribution is -2.35. The fourth-order valence-corrected chi connectivity index (χ4v) is 3.42. The van der Waals surface area contributed by atoms with Crippen molar-refractivity contribution in [2.75, 3.05) is 13.1 Å². The zero-order valence-corrected chi connectivity index (χ0v) is 12.6. The van der Waals surface area contributed by atoms with E-state index in [1.165, 1.54) is 0 Å². The van der Waals surface area contributed by atoms with E-state index in [-0.39, 0.29) is 17.7 Å². The van der Waals surface area contributed by atoms with Crippen molar-refractivity contribution in [1.29, 1.82) is 0 Å². The summed E-state index contributed by atoms with van der Waals surface area (Å²) in [6.07, 6.45) is 1.33. The van der Waals surface area contributed by atoms with Crippen molar-refractivity contribution in [2.45, 2.75) is 25.7 Å². The molecule has 1 saturated carbocycles. The highest BCUT2D eigenvalue weighted by molar-refractivity contribution is 6.31. The molecule has 1 aromatic rings. The molecule has 1 amide bonds. The molecule has 1 N–H and O–H groups in total. The fraction of sp³-hybridized carbons (Fsp3) is 0.500. The molecule has 3 unspecified atom stereocenters. The van der Waals surface area contributed by atoms with Crippen molar-refractivity contribution in [3.63, 3.8) is 0 Å². The predicted molar refractivity (Wildman–Crippen MR) is 79.2 cm³/mol. The Labute approximate surface area is 128 Å². The van der Waals surface area contributed by atoms with Crippen LogP contribution in [-0.4, -0.2) is 35.0 Å². The summed E-state index contributed by atoms with van der Waals surface area (Å²) in [6.45, 7) is 2.56. The maximum atomic E-state index is 12.5. The first kappa shape index (κ1) is 14.4. The highest BCUT2D eigenvalue weighted by atomic mass is 35.5. The van der Waals surface area contributed by atoms with Crippen molar-refractivity contribution in [3.8, 4) is 0 Å². The largest absolute Gasteiger partial charge is 0.481 e. The van der Waals surface area contributed by atoms with Crippen molar-refractivity contribution in [1.82, 2.24) is 4.90 Å². The SMILES string of the molecule is CC1(C(=O)O)CCN(C(=O)C2CC2c2ccccc2Cl)C1. The molecule has 2 fully saturated rings. The normalized spacial score (nSPS) is 31.2. The minimum absolute atomic E-state index is 0.0407. The Morgan fingerprint density at radius 2 is 2.10 bits per heavy atom. The average Bonchev–Trinajstić information content (AvgIpc) is 3.13. The second kappa shape index (κ2) is 5.02. The summed E-state index contributed by atoms with van der Waals surface area (Å²) in [4.78, 5) is 25.5. The number of carboxylic acid groups (broad SMARTS) is 1. The molecule has 1 aliphatic carbocycles. The first-order valence-electron chi connectivity index (χ1n) is 7.19. The highest BCUT2D eigenvalue weighted by Gasteiger charge is 2.50. The second-order valence-corrected chi connectivity index (χ2v) is 6.75. The predicted octanol–water partition coefficient (Wildman–Crippen LogP) is 2.77. The zero-order valence-electron chi connectivity index (χ0n) is 11.9. The summed E-state index contributed by atoms with van der Waals surface area (Å²) in [5.74, 6) is -0.606. The van der Waals surface area contributed by atoms with Crippen LogP contribution in [-0.2, 0) is 9.59 Å². The Hall–Kier alpha value is -1.55. The minimum Gasteiger partial charge on any atom is -0.481 e. The third-order valence-corrected chi connectivity index (χ3v) is 5.06. The van der Waals surface area contributed by atoms with Crippen LogP contribution in [0.1, 0.15) is 31.2 Å². The smallest absolute Gasteiger partial charge is 0.311 e. The maximum absolute atomic E-state index is 12.5. The molecule has 1 heterocycles. The van der Waals surface area contributed by atoms with Crippen LogP contribution < -0.4 is 0 Å². The van der Waals surface area contributed by atoms with Gasteiger partial charge in [0.25, 0.3) is 0 Å². The lowest BCUT2D eigenvalue weighted by Gasteiger charge is -2.20. The number of likely N-dealkylation sites (tertiary alicyclic amines) is 1. The molecule has 0 radical (unpaired) electrons. The number of carbonyl (C=O) groups excluding carboxylic acids is 1. The van der Waals surface area contributed by atoms with Gasteiger partial charge in [-0.25, -0.2) is 0 Å². The van der Waals surface area contributed by atoms with Gasteiger partial charge in [-0.2, -0.15) is 0 Å². The van der Waals surface area contributed by atoms with E-state index in [9.17, 15) is 14.7 Å². The Kier molecular flexibility index (Phi) is 3.44. The third kappa shape index (κ3) is 2.53. The third-order valence-electron chi connectivity index (χ3n) is 4.71. The van der Waals surface area contributed by atoms with Gasteiger partial charge in [0.2, 0.25) is 5.91 Å². The van der Waals surface area contributed by atoms with Gasteiger partial charge in [0.15, 0.2) is 0 Å². The van der Waals surface area contributed by atoms with Gasteiger partial charge in [-0.3, -0.25) is 9.59 Å². The summed E-state index contributed by atoms with van der Waals surface area (Å²) in [7, 11) is 0. The van der Waals surface area contributed by atoms with Crippen LogP contribution in [0.5, 0.6) is 0 Å². The van der Waals surface area contributed by atoms with Gasteiger partial charge in [-0.05, 0) is 37.3 Å². The summed E-state index contributed by atoms with van der Waals surface area (Å²) in [6, 6.07) is 7.61. The fourth-order valence-electron chi connectivity index (χ4n) is 3.15. The van der Waals surface area contributed by atoms with Gasteiger partial charge < -0.3 is 10.0 Å². The minimum atomic E-state index is -0.823. The number of hydrogen-bond donors (Lipinski definition) is 1. The molecule has 1 saturated heterocycles. The van der Waals surface area contributed by atoms with E-state index >= 15 is 0 Å². The number of hydrogen-bond acceptors (Lipinski definition) is 2. The lowest BCUT2D eigenvalue weighted by molar-refractivity contribution is -0.147. The molecule has 0 bridgehead atoms. The van der Waals surface area contributed by atoms with Crippen LogP contribution in [0.25, 0.3) is 0 Å². The monoisotopic (exact) mass is 307 g/mol. The van der Waals surface area contributed by atoms with Crippen molar-refractivity contribution >= 4 is 23.5 Å². The number of rotatable bonds is 3. The molecule has 4 nitrogen and oxygen atoms in total. The molecular formula is C16H18ClNO3. The molecule has 5 heteroatoms. The van der Waals surface area contributed by atoms with Crippen molar-refractivity contribution in [2.24, 2.45) is 11.3 Å². The van der Waals surface area contributed by atoms with Crippen LogP contribution in [0.15, 0.2) is 24.3 Å². The molecule has 3 atom stereocenters. The second-order valence-electron chi connectivity index (χ2n) is 6.35. The Bertz CT molecular complexity index is 603. The van der Waals surface area contributed by atoms with E-state index < -0.39 is 11.4 Å². The number of amides is 1. The lowest BCUT2D eigenvalue weighted by atomic mass is 9.90. The Balaban J connectivity index is 1.67. The summed E-state index contributed by atoms with van der Waals surface area (Å²) >= 11 is 6.17. The van der Waals surface area contributed by atoms with E-state index in [0.717, 1.165) is 12.0 Å². The van der Waals surface area contributed by atoms with Crippen molar-refractivity contribution < 1.29 is 14.7 Å². The van der Waals surface area contributed by atoms with Gasteiger partial charge in [0, 0.05) is 24.0 Å². The van der Waals surface area contributed by atoms with Gasteiger partial charge >= 0.3 is 5.97 Å². The molecular weight excluding hydrogens is 290 g/mol. The summed E-state index contributed by atoms with van der Waals surface area (Å²) in [5.41, 5.74) is 0.225. The molecule has 2 aliphatic rings. The van der Waals surface area contributed by atoms with E-state index in [0.29, 0.717) is 24.5 Å². The number of carboxylic acids is 1. The zero-order chi connectivity index (χ0) is 15.2. The molecule has 21 heavy (non-hydrogen) atoms. The topological polar surface area (TPSA) is 57.6 Å². The van der Waals surface area contributed by atoms with Crippen molar-refractivity contribution in [3.05, 3.63) is 34.9 Å². The Morgan fingerprint density at radius 3 is 2.71 bits per heavy atom. The van der Waals surface area contributed by atoms with Crippen LogP contribution in [0.2, 0.25) is 5.02 Å². The standard InChI is InChI=1S/C16H18ClNO3/c1-16(15(20)21)6-7-18(9-16)14(19)12-8-11(12)10-4-2-3-5-13(10)17/h2-5,11-12H,6-9H2,1H3,(H,20,21). The average molecular weight is 308 g/mol. The molecule has 0 spiro atoms. The van der Waals surface area contributed by atoms with Crippen LogP contribution in [0.4, 0.5) is 0 Å². The maximum Gasteiger partial charge on any atom is 0.311 e. The number of benzene rings is 1. The number of carbonyl (C=O) groups is 2. The van der Waals surface area contributed by atoms with Crippen LogP contribution in [0, 0.1) is 11.3 Å². The quantitative estimate of drug-likeness (QED) is 0.934. The molecule has 112 valence electrons. The van der Waals surface area contributed by atoms with E-state index in [1.807, 2.05) is 24.3 Å². The van der Waals surface area contributed by atoms with E-state index in [4.69, 9.17) is 11.6 Å². The van der Waals surface area contributed by atoms with Gasteiger partial charge in [0.05, 0.1) is 5.41 Å². The first-order valence-corrected chi connectivity index (χ1v) is 7.57. The van der Waals surface area contributed by atoms with E-state index in [2.05, 4.69) is 0 Å². The number of halogens is 1. The Morgan fingerprint density at radius 1 is 1.38 bits per heavy atom.